The summed E-state index contributed by atoms with van der Waals surface area (Å²) in [6.45, 7) is 0.175. The van der Waals surface area contributed by atoms with Crippen LogP contribution in [0.15, 0.2) is 40.6 Å². The Morgan fingerprint density at radius 1 is 1.36 bits per heavy atom. The Kier molecular flexibility index (Phi) is 6.59. The van der Waals surface area contributed by atoms with Crippen LogP contribution in [0, 0.1) is 0 Å². The van der Waals surface area contributed by atoms with E-state index in [4.69, 9.17) is 11.6 Å². The summed E-state index contributed by atoms with van der Waals surface area (Å²) in [5.41, 5.74) is 0.120. The maximum atomic E-state index is 12.7. The molecule has 0 radical (unpaired) electrons. The van der Waals surface area contributed by atoms with Gasteiger partial charge in [0.25, 0.3) is 0 Å². The molecule has 1 aromatic heterocycles. The molecule has 1 atom stereocenters. The molecule has 1 heterocycles. The number of methoxy groups -OCH3 is 1. The summed E-state index contributed by atoms with van der Waals surface area (Å²) >= 11 is 7.58. The topological polar surface area (TPSA) is 75.7 Å². The minimum atomic E-state index is -3.89. The molecule has 0 spiro atoms. The number of carbonyl (C=O) groups excluding carboxylic acids is 1. The number of likely N-dealkylation sites (N-methyl/N-ethyl adjacent to an activating group) is 1. The van der Waals surface area contributed by atoms with Gasteiger partial charge in [-0.15, -0.1) is 11.3 Å². The second-order valence-electron chi connectivity index (χ2n) is 5.48. The van der Waals surface area contributed by atoms with Crippen molar-refractivity contribution < 1.29 is 17.9 Å². The van der Waals surface area contributed by atoms with Crippen molar-refractivity contribution in [3.05, 3.63) is 51.2 Å². The van der Waals surface area contributed by atoms with Crippen molar-refractivity contribution in [1.82, 2.24) is 9.62 Å². The average Bonchev–Trinajstić information content (AvgIpc) is 3.08. The highest BCUT2D eigenvalue weighted by atomic mass is 35.5. The van der Waals surface area contributed by atoms with Gasteiger partial charge in [0.15, 0.2) is 0 Å². The van der Waals surface area contributed by atoms with Crippen LogP contribution in [-0.2, 0) is 14.8 Å². The summed E-state index contributed by atoms with van der Waals surface area (Å²) in [5, 5.41) is 1.98. The monoisotopic (exact) mass is 402 g/mol. The number of carbonyl (C=O) groups is 1. The molecular weight excluding hydrogens is 384 g/mol. The first-order valence-electron chi connectivity index (χ1n) is 7.33. The van der Waals surface area contributed by atoms with Gasteiger partial charge in [0.1, 0.15) is 4.90 Å². The van der Waals surface area contributed by atoms with Crippen LogP contribution in [0.1, 0.15) is 21.3 Å². The quantitative estimate of drug-likeness (QED) is 0.720. The number of sulfonamides is 1. The molecule has 9 heteroatoms. The van der Waals surface area contributed by atoms with Crippen LogP contribution in [-0.4, -0.2) is 47.0 Å². The van der Waals surface area contributed by atoms with Gasteiger partial charge in [-0.2, -0.15) is 0 Å². The number of nitrogens with one attached hydrogen (secondary N) is 1. The summed E-state index contributed by atoms with van der Waals surface area (Å²) in [7, 11) is 1.10. The summed E-state index contributed by atoms with van der Waals surface area (Å²) < 4.78 is 32.5. The molecule has 1 aromatic carbocycles. The fourth-order valence-corrected chi connectivity index (χ4v) is 4.72. The lowest BCUT2D eigenvalue weighted by molar-refractivity contribution is 0.0600. The van der Waals surface area contributed by atoms with Crippen LogP contribution in [0.3, 0.4) is 0 Å². The van der Waals surface area contributed by atoms with Gasteiger partial charge < -0.3 is 9.64 Å². The van der Waals surface area contributed by atoms with Gasteiger partial charge in [0.05, 0.1) is 23.7 Å². The molecular formula is C16H19ClN2O4S2. The zero-order chi connectivity index (χ0) is 18.6. The second-order valence-corrected chi connectivity index (χ2v) is 8.61. The molecule has 0 aliphatic rings. The van der Waals surface area contributed by atoms with E-state index < -0.39 is 16.0 Å². The van der Waals surface area contributed by atoms with Crippen molar-refractivity contribution in [1.29, 1.82) is 0 Å². The second kappa shape index (κ2) is 8.29. The number of nitrogens with zero attached hydrogens (tertiary/aromatic N) is 1. The van der Waals surface area contributed by atoms with Gasteiger partial charge in [-0.05, 0) is 43.7 Å². The van der Waals surface area contributed by atoms with Gasteiger partial charge in [0, 0.05) is 11.4 Å². The summed E-state index contributed by atoms with van der Waals surface area (Å²) in [6, 6.07) is 7.76. The third kappa shape index (κ3) is 4.80. The molecule has 0 saturated carbocycles. The maximum Gasteiger partial charge on any atom is 0.337 e. The highest BCUT2D eigenvalue weighted by molar-refractivity contribution is 7.89. The Labute approximate surface area is 156 Å². The van der Waals surface area contributed by atoms with Gasteiger partial charge in [-0.3, -0.25) is 0 Å². The highest BCUT2D eigenvalue weighted by Gasteiger charge is 2.23. The number of hydrogen-bond donors (Lipinski definition) is 1. The van der Waals surface area contributed by atoms with Crippen LogP contribution in [0.25, 0.3) is 0 Å². The molecule has 2 rings (SSSR count). The van der Waals surface area contributed by atoms with Crippen LogP contribution < -0.4 is 4.72 Å². The zero-order valence-corrected chi connectivity index (χ0v) is 16.4. The third-order valence-corrected chi connectivity index (χ3v) is 6.48. The smallest absolute Gasteiger partial charge is 0.337 e. The van der Waals surface area contributed by atoms with Gasteiger partial charge in [-0.25, -0.2) is 17.9 Å². The number of esters is 1. The molecule has 0 bridgehead atoms. The van der Waals surface area contributed by atoms with Crippen molar-refractivity contribution in [2.24, 2.45) is 0 Å². The summed E-state index contributed by atoms with van der Waals surface area (Å²) in [6.07, 6.45) is 0. The van der Waals surface area contributed by atoms with E-state index in [0.29, 0.717) is 0 Å². The Morgan fingerprint density at radius 2 is 2.08 bits per heavy atom. The fourth-order valence-electron chi connectivity index (χ4n) is 2.24. The number of halogens is 1. The minimum Gasteiger partial charge on any atom is -0.465 e. The first-order chi connectivity index (χ1) is 11.8. The van der Waals surface area contributed by atoms with Crippen LogP contribution in [0.4, 0.5) is 0 Å². The van der Waals surface area contributed by atoms with E-state index in [1.54, 1.807) is 11.3 Å². The van der Waals surface area contributed by atoms with Crippen LogP contribution in [0.5, 0.6) is 0 Å². The fraction of sp³-hybridized carbons (Fsp3) is 0.312. The summed E-state index contributed by atoms with van der Waals surface area (Å²) in [4.78, 5) is 14.5. The maximum absolute atomic E-state index is 12.7. The first-order valence-corrected chi connectivity index (χ1v) is 10.1. The molecule has 1 N–H and O–H groups in total. The number of thiophene rings is 1. The predicted octanol–water partition coefficient (Wildman–Crippen LogP) is 2.77. The first kappa shape index (κ1) is 19.9. The average molecular weight is 403 g/mol. The molecule has 25 heavy (non-hydrogen) atoms. The van der Waals surface area contributed by atoms with Gasteiger partial charge in [-0.1, -0.05) is 17.7 Å². The third-order valence-electron chi connectivity index (χ3n) is 3.60. The predicted molar refractivity (Wildman–Crippen MR) is 98.7 cm³/mol. The Hall–Kier alpha value is -1.45. The molecule has 1 unspecified atom stereocenters. The Balaban J connectivity index is 2.25. The van der Waals surface area contributed by atoms with Crippen LogP contribution in [0.2, 0.25) is 5.02 Å². The van der Waals surface area contributed by atoms with Crippen molar-refractivity contribution in [2.75, 3.05) is 27.7 Å². The lowest BCUT2D eigenvalue weighted by atomic mass is 10.2. The van der Waals surface area contributed by atoms with Gasteiger partial charge in [0.2, 0.25) is 10.0 Å². The standard InChI is InChI=1S/C16H19ClN2O4S2/c1-19(2)13(14-5-4-8-24-14)10-18-25(21,22)15-9-11(16(20)23-3)6-7-12(15)17/h4-9,13,18H,10H2,1-3H3. The Bertz CT molecular complexity index is 836. The molecule has 0 amide bonds. The molecule has 0 aliphatic carbocycles. The van der Waals surface area contributed by atoms with E-state index in [1.165, 1.54) is 25.3 Å². The van der Waals surface area contributed by atoms with E-state index in [2.05, 4.69) is 9.46 Å². The van der Waals surface area contributed by atoms with E-state index in [1.807, 2.05) is 36.5 Å². The molecule has 6 nitrogen and oxygen atoms in total. The Morgan fingerprint density at radius 3 is 2.64 bits per heavy atom. The normalized spacial score (nSPS) is 13.0. The molecule has 0 fully saturated rings. The molecule has 2 aromatic rings. The highest BCUT2D eigenvalue weighted by Crippen LogP contribution is 2.25. The summed E-state index contributed by atoms with van der Waals surface area (Å²) in [5.74, 6) is -0.627. The van der Waals surface area contributed by atoms with E-state index in [9.17, 15) is 13.2 Å². The largest absolute Gasteiger partial charge is 0.465 e. The van der Waals surface area contributed by atoms with E-state index in [0.717, 1.165) is 4.88 Å². The SMILES string of the molecule is COC(=O)c1ccc(Cl)c(S(=O)(=O)NCC(c2cccs2)N(C)C)c1. The van der Waals surface area contributed by atoms with E-state index in [-0.39, 0.29) is 28.1 Å². The number of ether oxygens (including phenoxy) is 1. The molecule has 0 saturated heterocycles. The number of rotatable bonds is 7. The number of benzene rings is 1. The van der Waals surface area contributed by atoms with Crippen molar-refractivity contribution in [3.63, 3.8) is 0 Å². The lowest BCUT2D eigenvalue weighted by Gasteiger charge is -2.23. The van der Waals surface area contributed by atoms with Crippen LogP contribution >= 0.6 is 22.9 Å². The lowest BCUT2D eigenvalue weighted by Crippen LogP contribution is -2.34. The number of hydrogen-bond acceptors (Lipinski definition) is 6. The van der Waals surface area contributed by atoms with Gasteiger partial charge >= 0.3 is 5.97 Å². The van der Waals surface area contributed by atoms with Crippen molar-refractivity contribution in [3.8, 4) is 0 Å². The van der Waals surface area contributed by atoms with Crippen molar-refractivity contribution >= 4 is 38.9 Å². The minimum absolute atomic E-state index is 0.0395. The molecule has 0 aliphatic heterocycles. The van der Waals surface area contributed by atoms with E-state index >= 15 is 0 Å². The zero-order valence-electron chi connectivity index (χ0n) is 14.0. The van der Waals surface area contributed by atoms with Crippen molar-refractivity contribution in [2.45, 2.75) is 10.9 Å². The molecule has 136 valence electrons.